The van der Waals surface area contributed by atoms with Crippen LogP contribution >= 0.6 is 11.3 Å². The van der Waals surface area contributed by atoms with E-state index in [2.05, 4.69) is 10.1 Å². The number of hydrogen-bond acceptors (Lipinski definition) is 6. The molecule has 1 aliphatic heterocycles. The highest BCUT2D eigenvalue weighted by molar-refractivity contribution is 7.16. The molecule has 0 saturated carbocycles. The summed E-state index contributed by atoms with van der Waals surface area (Å²) in [5, 5.41) is 4.44. The quantitative estimate of drug-likeness (QED) is 0.679. The lowest BCUT2D eigenvalue weighted by Gasteiger charge is -2.15. The first kappa shape index (κ1) is 19.7. The maximum atomic E-state index is 13.3. The number of nitrogens with zero attached hydrogens (tertiary/aromatic N) is 4. The third-order valence-corrected chi connectivity index (χ3v) is 4.63. The number of cyclic esters (lactones) is 1. The summed E-state index contributed by atoms with van der Waals surface area (Å²) in [6, 6.07) is 0. The Bertz CT molecular complexity index is 844. The van der Waals surface area contributed by atoms with Crippen LogP contribution < -0.4 is 0 Å². The molecule has 1 aliphatic rings. The van der Waals surface area contributed by atoms with Crippen molar-refractivity contribution in [1.82, 2.24) is 19.5 Å². The minimum Gasteiger partial charge on any atom is -0.444 e. The lowest BCUT2D eigenvalue weighted by molar-refractivity contribution is -0.141. The van der Waals surface area contributed by atoms with Crippen LogP contribution in [0, 0.1) is 0 Å². The molecular weight excluding hydrogens is 399 g/mol. The summed E-state index contributed by atoms with van der Waals surface area (Å²) < 4.78 is 76.9. The van der Waals surface area contributed by atoms with Crippen molar-refractivity contribution in [3.8, 4) is 0 Å². The van der Waals surface area contributed by atoms with E-state index in [4.69, 9.17) is 9.47 Å². The standard InChI is InChI=1S/C14H15F5N4O3S/c1-13(15,16)3-7-4-22(12(24)26-7)5-8-10(14(17,18)19)20-11-23(8)21-9(27-11)6-25-2/h7H,3-6H2,1-2H3. The largest absolute Gasteiger partial charge is 0.444 e. The number of carbonyl (C=O) groups excluding carboxylic acids is 1. The van der Waals surface area contributed by atoms with Crippen LogP contribution in [0.25, 0.3) is 4.96 Å². The Hall–Kier alpha value is -2.02. The zero-order chi connectivity index (χ0) is 20.0. The molecule has 0 aromatic carbocycles. The van der Waals surface area contributed by atoms with Gasteiger partial charge in [0.15, 0.2) is 5.69 Å². The number of aromatic nitrogens is 3. The second-order valence-corrected chi connectivity index (χ2v) is 7.23. The number of hydrogen-bond donors (Lipinski definition) is 0. The van der Waals surface area contributed by atoms with E-state index in [1.807, 2.05) is 0 Å². The van der Waals surface area contributed by atoms with Crippen molar-refractivity contribution in [3.05, 3.63) is 16.4 Å². The number of halogens is 5. The zero-order valence-electron chi connectivity index (χ0n) is 14.2. The second kappa shape index (κ2) is 6.86. The molecular formula is C14H15F5N4O3S. The van der Waals surface area contributed by atoms with Crippen LogP contribution in [0.2, 0.25) is 0 Å². The van der Waals surface area contributed by atoms with Gasteiger partial charge in [-0.2, -0.15) is 18.3 Å². The number of carbonyl (C=O) groups is 1. The van der Waals surface area contributed by atoms with E-state index < -0.39 is 43.0 Å². The molecule has 0 bridgehead atoms. The Morgan fingerprint density at radius 1 is 1.33 bits per heavy atom. The Balaban J connectivity index is 1.89. The Labute approximate surface area is 153 Å². The molecule has 0 radical (unpaired) electrons. The number of fused-ring (bicyclic) bond motifs is 1. The Morgan fingerprint density at radius 2 is 2.04 bits per heavy atom. The first-order chi connectivity index (χ1) is 12.5. The molecule has 150 valence electrons. The molecule has 13 heteroatoms. The SMILES string of the molecule is COCc1nn2c(CN3CC(CC(C)(F)F)OC3=O)c(C(F)(F)F)nc2s1. The molecule has 0 spiro atoms. The lowest BCUT2D eigenvalue weighted by atomic mass is 10.1. The monoisotopic (exact) mass is 414 g/mol. The summed E-state index contributed by atoms with van der Waals surface area (Å²) >= 11 is 0.922. The average Bonchev–Trinajstić information content (AvgIpc) is 3.12. The van der Waals surface area contributed by atoms with Crippen LogP contribution in [0.1, 0.15) is 29.7 Å². The number of ether oxygens (including phenoxy) is 2. The van der Waals surface area contributed by atoms with Crippen molar-refractivity contribution >= 4 is 22.4 Å². The number of alkyl halides is 5. The van der Waals surface area contributed by atoms with E-state index in [0.29, 0.717) is 11.9 Å². The van der Waals surface area contributed by atoms with Gasteiger partial charge in [0.05, 0.1) is 25.4 Å². The fourth-order valence-electron chi connectivity index (χ4n) is 2.77. The van der Waals surface area contributed by atoms with Crippen molar-refractivity contribution < 1.29 is 36.2 Å². The van der Waals surface area contributed by atoms with Crippen LogP contribution in [0.15, 0.2) is 0 Å². The topological polar surface area (TPSA) is 69.0 Å². The van der Waals surface area contributed by atoms with E-state index in [0.717, 1.165) is 20.8 Å². The molecule has 27 heavy (non-hydrogen) atoms. The first-order valence-corrected chi connectivity index (χ1v) is 8.56. The highest BCUT2D eigenvalue weighted by Crippen LogP contribution is 2.35. The maximum absolute atomic E-state index is 13.3. The van der Waals surface area contributed by atoms with Crippen molar-refractivity contribution in [1.29, 1.82) is 0 Å². The molecule has 1 saturated heterocycles. The minimum absolute atomic E-state index is 0.00594. The van der Waals surface area contributed by atoms with Gasteiger partial charge in [-0.25, -0.2) is 23.1 Å². The fourth-order valence-corrected chi connectivity index (χ4v) is 3.66. The van der Waals surface area contributed by atoms with E-state index in [-0.39, 0.29) is 23.8 Å². The van der Waals surface area contributed by atoms with Gasteiger partial charge in [0.25, 0.3) is 0 Å². The predicted octanol–water partition coefficient (Wildman–Crippen LogP) is 3.32. The van der Waals surface area contributed by atoms with Crippen molar-refractivity contribution in [2.45, 2.75) is 44.7 Å². The van der Waals surface area contributed by atoms with Gasteiger partial charge in [0.2, 0.25) is 10.9 Å². The van der Waals surface area contributed by atoms with E-state index in [9.17, 15) is 26.7 Å². The minimum atomic E-state index is -4.76. The molecule has 7 nitrogen and oxygen atoms in total. The van der Waals surface area contributed by atoms with Gasteiger partial charge in [0, 0.05) is 13.5 Å². The summed E-state index contributed by atoms with van der Waals surface area (Å²) in [5.74, 6) is -3.06. The number of amides is 1. The molecule has 1 atom stereocenters. The molecule has 1 amide bonds. The van der Waals surface area contributed by atoms with Gasteiger partial charge < -0.3 is 9.47 Å². The summed E-state index contributed by atoms with van der Waals surface area (Å²) in [6.45, 7) is 0.00520. The maximum Gasteiger partial charge on any atom is 0.435 e. The molecule has 1 fully saturated rings. The van der Waals surface area contributed by atoms with E-state index >= 15 is 0 Å². The van der Waals surface area contributed by atoms with Crippen molar-refractivity contribution in [2.24, 2.45) is 0 Å². The number of methoxy groups -OCH3 is 1. The van der Waals surface area contributed by atoms with Gasteiger partial charge >= 0.3 is 12.3 Å². The molecule has 0 N–H and O–H groups in total. The number of rotatable bonds is 6. The molecule has 2 aromatic heterocycles. The Morgan fingerprint density at radius 3 is 2.63 bits per heavy atom. The Kier molecular flexibility index (Phi) is 5.01. The molecule has 1 unspecified atom stereocenters. The summed E-state index contributed by atoms with van der Waals surface area (Å²) in [5.41, 5.74) is -1.54. The molecule has 2 aromatic rings. The third kappa shape index (κ3) is 4.29. The summed E-state index contributed by atoms with van der Waals surface area (Å²) in [6.07, 6.45) is -7.53. The average molecular weight is 414 g/mol. The van der Waals surface area contributed by atoms with Gasteiger partial charge in [-0.1, -0.05) is 11.3 Å². The second-order valence-electron chi connectivity index (χ2n) is 6.19. The fraction of sp³-hybridized carbons (Fsp3) is 0.643. The van der Waals surface area contributed by atoms with Crippen molar-refractivity contribution in [2.75, 3.05) is 13.7 Å². The van der Waals surface area contributed by atoms with Crippen LogP contribution in [0.5, 0.6) is 0 Å². The van der Waals surface area contributed by atoms with Crippen LogP contribution in [0.4, 0.5) is 26.7 Å². The van der Waals surface area contributed by atoms with Gasteiger partial charge in [-0.3, -0.25) is 4.90 Å². The highest BCUT2D eigenvalue weighted by Gasteiger charge is 2.42. The normalized spacial score (nSPS) is 18.6. The number of imidazole rings is 1. The van der Waals surface area contributed by atoms with Crippen molar-refractivity contribution in [3.63, 3.8) is 0 Å². The molecule has 0 aliphatic carbocycles. The predicted molar refractivity (Wildman–Crippen MR) is 82.5 cm³/mol. The van der Waals surface area contributed by atoms with Gasteiger partial charge in [-0.05, 0) is 6.92 Å². The first-order valence-electron chi connectivity index (χ1n) is 7.75. The zero-order valence-corrected chi connectivity index (χ0v) is 15.0. The lowest BCUT2D eigenvalue weighted by Crippen LogP contribution is -2.28. The van der Waals surface area contributed by atoms with E-state index in [1.54, 1.807) is 0 Å². The highest BCUT2D eigenvalue weighted by atomic mass is 32.1. The summed E-state index contributed by atoms with van der Waals surface area (Å²) in [4.78, 5) is 16.4. The smallest absolute Gasteiger partial charge is 0.435 e. The van der Waals surface area contributed by atoms with Gasteiger partial charge in [0.1, 0.15) is 11.1 Å². The summed E-state index contributed by atoms with van der Waals surface area (Å²) in [7, 11) is 1.41. The van der Waals surface area contributed by atoms with Crippen LogP contribution in [-0.4, -0.2) is 51.3 Å². The third-order valence-electron chi connectivity index (χ3n) is 3.75. The van der Waals surface area contributed by atoms with Crippen LogP contribution in [-0.2, 0) is 28.8 Å². The van der Waals surface area contributed by atoms with Gasteiger partial charge in [-0.15, -0.1) is 0 Å². The molecule has 3 rings (SSSR count). The van der Waals surface area contributed by atoms with Crippen LogP contribution in [0.3, 0.4) is 0 Å². The van der Waals surface area contributed by atoms with E-state index in [1.165, 1.54) is 7.11 Å². The molecule has 3 heterocycles.